The van der Waals surface area contributed by atoms with E-state index in [0.717, 1.165) is 91.0 Å². The Kier molecular flexibility index (Phi) is 12.3. The van der Waals surface area contributed by atoms with E-state index in [9.17, 15) is 0 Å². The number of nitrogens with zero attached hydrogens (tertiary/aromatic N) is 3. The summed E-state index contributed by atoms with van der Waals surface area (Å²) in [6, 6.07) is 92.2. The zero-order chi connectivity index (χ0) is 45.5. The molecule has 0 fully saturated rings. The van der Waals surface area contributed by atoms with Gasteiger partial charge in [-0.2, -0.15) is 0 Å². The second-order valence-electron chi connectivity index (χ2n) is 17.2. The van der Waals surface area contributed by atoms with Gasteiger partial charge in [0.2, 0.25) is 0 Å². The summed E-state index contributed by atoms with van der Waals surface area (Å²) in [6.45, 7) is 6.51. The molecule has 0 atom stereocenters. The Morgan fingerprint density at radius 2 is 0.522 bits per heavy atom. The van der Waals surface area contributed by atoms with E-state index in [1.54, 1.807) is 0 Å². The summed E-state index contributed by atoms with van der Waals surface area (Å²) < 4.78 is 0. The maximum absolute atomic E-state index is 2.35. The number of para-hydroxylation sites is 3. The molecule has 67 heavy (non-hydrogen) atoms. The van der Waals surface area contributed by atoms with Crippen LogP contribution in [0.15, 0.2) is 255 Å². The normalized spacial score (nSPS) is 11.0. The summed E-state index contributed by atoms with van der Waals surface area (Å²) in [4.78, 5) is 7.00. The van der Waals surface area contributed by atoms with Crippen LogP contribution in [0.25, 0.3) is 33.4 Å². The van der Waals surface area contributed by atoms with E-state index in [4.69, 9.17) is 0 Å². The number of anilines is 9. The fourth-order valence-electron chi connectivity index (χ4n) is 9.06. The Bertz CT molecular complexity index is 3070. The van der Waals surface area contributed by atoms with Gasteiger partial charge in [0.1, 0.15) is 0 Å². The zero-order valence-corrected chi connectivity index (χ0v) is 38.3. The largest absolute Gasteiger partial charge is 0.310 e. The van der Waals surface area contributed by atoms with Gasteiger partial charge in [-0.05, 0) is 198 Å². The molecule has 0 aliphatic heterocycles. The highest BCUT2D eigenvalue weighted by Crippen LogP contribution is 2.41. The summed E-state index contributed by atoms with van der Waals surface area (Å²) in [5, 5.41) is 0. The summed E-state index contributed by atoms with van der Waals surface area (Å²) in [5.41, 5.74) is 20.8. The van der Waals surface area contributed by atoms with Crippen molar-refractivity contribution >= 4 is 51.2 Å². The number of hydrogen-bond acceptors (Lipinski definition) is 3. The van der Waals surface area contributed by atoms with Crippen molar-refractivity contribution in [2.24, 2.45) is 0 Å². The van der Waals surface area contributed by atoms with Crippen LogP contribution in [0.5, 0.6) is 0 Å². The molecule has 0 heterocycles. The van der Waals surface area contributed by atoms with Crippen molar-refractivity contribution in [3.8, 4) is 33.4 Å². The maximum atomic E-state index is 2.35. The first-order chi connectivity index (χ1) is 33.0. The van der Waals surface area contributed by atoms with Crippen LogP contribution >= 0.6 is 0 Å². The van der Waals surface area contributed by atoms with Crippen LogP contribution in [0.4, 0.5) is 51.2 Å². The minimum Gasteiger partial charge on any atom is -0.310 e. The molecule has 0 radical (unpaired) electrons. The summed E-state index contributed by atoms with van der Waals surface area (Å²) in [7, 11) is 0. The third-order valence-electron chi connectivity index (χ3n) is 12.4. The third kappa shape index (κ3) is 9.40. The molecule has 0 aliphatic carbocycles. The van der Waals surface area contributed by atoms with Gasteiger partial charge in [0.25, 0.3) is 0 Å². The van der Waals surface area contributed by atoms with Gasteiger partial charge in [-0.3, -0.25) is 0 Å². The molecule has 0 unspecified atom stereocenters. The first kappa shape index (κ1) is 42.5. The van der Waals surface area contributed by atoms with Crippen LogP contribution in [0, 0.1) is 13.8 Å². The molecule has 0 aliphatic rings. The molecule has 3 nitrogen and oxygen atoms in total. The van der Waals surface area contributed by atoms with Crippen LogP contribution in [0.2, 0.25) is 0 Å². The first-order valence-corrected chi connectivity index (χ1v) is 23.2. The van der Waals surface area contributed by atoms with Gasteiger partial charge in [-0.25, -0.2) is 0 Å². The molecule has 0 aromatic heterocycles. The molecular weight excluding hydrogens is 811 g/mol. The van der Waals surface area contributed by atoms with Crippen molar-refractivity contribution < 1.29 is 0 Å². The molecule has 0 saturated heterocycles. The minimum atomic E-state index is 0.982. The highest BCUT2D eigenvalue weighted by Gasteiger charge is 2.17. The van der Waals surface area contributed by atoms with Crippen LogP contribution in [-0.4, -0.2) is 0 Å². The lowest BCUT2D eigenvalue weighted by molar-refractivity contribution is 1.13. The topological polar surface area (TPSA) is 9.72 Å². The van der Waals surface area contributed by atoms with Crippen molar-refractivity contribution in [1.82, 2.24) is 0 Å². The number of benzene rings is 10. The smallest absolute Gasteiger partial charge is 0.0464 e. The predicted octanol–water partition coefficient (Wildman–Crippen LogP) is 18.3. The highest BCUT2D eigenvalue weighted by molar-refractivity contribution is 5.86. The Balaban J connectivity index is 1.06. The molecule has 0 amide bonds. The van der Waals surface area contributed by atoms with Gasteiger partial charge < -0.3 is 14.7 Å². The molecule has 3 heteroatoms. The van der Waals surface area contributed by atoms with Crippen molar-refractivity contribution in [3.05, 3.63) is 271 Å². The molecule has 0 N–H and O–H groups in total. The lowest BCUT2D eigenvalue weighted by Crippen LogP contribution is -2.10. The van der Waals surface area contributed by atoms with Gasteiger partial charge in [-0.15, -0.1) is 0 Å². The molecule has 0 saturated carbocycles. The minimum absolute atomic E-state index is 0.982. The van der Waals surface area contributed by atoms with E-state index in [1.807, 2.05) is 0 Å². The van der Waals surface area contributed by atoms with E-state index in [2.05, 4.69) is 290 Å². The Hall–Kier alpha value is -8.40. The molecule has 10 aromatic carbocycles. The van der Waals surface area contributed by atoms with E-state index in [-0.39, 0.29) is 0 Å². The molecule has 0 spiro atoms. The van der Waals surface area contributed by atoms with E-state index >= 15 is 0 Å². The standard InChI is InChI=1S/C64H53N3/c1-4-49-19-16-28-64(43-49)67(58-24-12-7-13-25-58)61-39-33-52(34-40-61)55-45-53(50-29-35-59(36-30-50)65(56-20-8-5-9-21-56)62-26-14-17-47(2)41-62)44-54(46-55)51-31-37-60(38-32-51)66(57-22-10-6-11-23-57)63-27-15-18-48(3)42-63/h5-46H,4H2,1-3H3. The number of aryl methyl sites for hydroxylation is 3. The van der Waals surface area contributed by atoms with Crippen LogP contribution in [0.3, 0.4) is 0 Å². The molecule has 0 bridgehead atoms. The molecule has 324 valence electrons. The Morgan fingerprint density at radius 3 is 0.836 bits per heavy atom. The van der Waals surface area contributed by atoms with E-state index in [0.29, 0.717) is 0 Å². The highest BCUT2D eigenvalue weighted by atomic mass is 15.2. The van der Waals surface area contributed by atoms with Crippen molar-refractivity contribution in [2.75, 3.05) is 14.7 Å². The van der Waals surface area contributed by atoms with Crippen molar-refractivity contribution in [1.29, 1.82) is 0 Å². The van der Waals surface area contributed by atoms with Gasteiger partial charge in [-0.1, -0.05) is 134 Å². The average molecular weight is 864 g/mol. The quantitative estimate of drug-likeness (QED) is 0.114. The van der Waals surface area contributed by atoms with Gasteiger partial charge in [0.15, 0.2) is 0 Å². The van der Waals surface area contributed by atoms with Crippen LogP contribution < -0.4 is 14.7 Å². The summed E-state index contributed by atoms with van der Waals surface area (Å²) in [5.74, 6) is 0. The molecule has 10 rings (SSSR count). The average Bonchev–Trinajstić information content (AvgIpc) is 3.38. The Morgan fingerprint density at radius 1 is 0.239 bits per heavy atom. The first-order valence-electron chi connectivity index (χ1n) is 23.2. The Labute approximate surface area is 396 Å². The van der Waals surface area contributed by atoms with Crippen LogP contribution in [0.1, 0.15) is 23.6 Å². The lowest BCUT2D eigenvalue weighted by Gasteiger charge is -2.26. The van der Waals surface area contributed by atoms with Crippen molar-refractivity contribution in [2.45, 2.75) is 27.2 Å². The number of hydrogen-bond donors (Lipinski definition) is 0. The second-order valence-corrected chi connectivity index (χ2v) is 17.2. The summed E-state index contributed by atoms with van der Waals surface area (Å²) >= 11 is 0. The summed E-state index contributed by atoms with van der Waals surface area (Å²) in [6.07, 6.45) is 0.982. The zero-order valence-electron chi connectivity index (χ0n) is 38.3. The van der Waals surface area contributed by atoms with Gasteiger partial charge in [0.05, 0.1) is 0 Å². The van der Waals surface area contributed by atoms with Crippen molar-refractivity contribution in [3.63, 3.8) is 0 Å². The fraction of sp³-hybridized carbons (Fsp3) is 0.0625. The molecule has 10 aromatic rings. The van der Waals surface area contributed by atoms with E-state index < -0.39 is 0 Å². The fourth-order valence-corrected chi connectivity index (χ4v) is 9.06. The van der Waals surface area contributed by atoms with Gasteiger partial charge in [0, 0.05) is 51.2 Å². The number of rotatable bonds is 13. The molecular formula is C64H53N3. The maximum Gasteiger partial charge on any atom is 0.0464 e. The van der Waals surface area contributed by atoms with E-state index in [1.165, 1.54) is 16.7 Å². The van der Waals surface area contributed by atoms with Gasteiger partial charge >= 0.3 is 0 Å². The van der Waals surface area contributed by atoms with Crippen LogP contribution in [-0.2, 0) is 6.42 Å². The third-order valence-corrected chi connectivity index (χ3v) is 12.4. The lowest BCUT2D eigenvalue weighted by atomic mass is 9.93. The predicted molar refractivity (Wildman–Crippen MR) is 286 cm³/mol. The SMILES string of the molecule is CCc1cccc(N(c2ccccc2)c2ccc(-c3cc(-c4ccc(N(c5ccccc5)c5cccc(C)c5)cc4)cc(-c4ccc(N(c5ccccc5)c5cccc(C)c5)cc4)c3)cc2)c1. The monoisotopic (exact) mass is 863 g/mol. The second kappa shape index (κ2) is 19.4.